The molecule has 140 valence electrons. The second-order valence-corrected chi connectivity index (χ2v) is 7.15. The number of amides is 1. The van der Waals surface area contributed by atoms with E-state index in [0.29, 0.717) is 29.7 Å². The quantitative estimate of drug-likeness (QED) is 0.816. The number of carbonyl (C=O) groups excluding carboxylic acids is 1. The topological polar surface area (TPSA) is 89.5 Å². The lowest BCUT2D eigenvalue weighted by molar-refractivity contribution is -0.114. The lowest BCUT2D eigenvalue weighted by Gasteiger charge is -2.19. The van der Waals surface area contributed by atoms with Crippen molar-refractivity contribution >= 4 is 22.4 Å². The Balaban J connectivity index is 1.62. The Bertz CT molecular complexity index is 787. The third-order valence-corrected chi connectivity index (χ3v) is 4.99. The van der Waals surface area contributed by atoms with Crippen LogP contribution in [0.4, 0.5) is 9.52 Å². The number of carbonyl (C=O) groups is 1. The fraction of sp³-hybridized carbons (Fsp3) is 0.500. The van der Waals surface area contributed by atoms with Crippen molar-refractivity contribution in [3.63, 3.8) is 0 Å². The highest BCUT2D eigenvalue weighted by molar-refractivity contribution is 7.15. The van der Waals surface area contributed by atoms with Gasteiger partial charge < -0.3 is 14.8 Å². The van der Waals surface area contributed by atoms with Crippen molar-refractivity contribution in [3.8, 4) is 11.8 Å². The zero-order chi connectivity index (χ0) is 18.7. The monoisotopic (exact) mass is 384 g/mol. The summed E-state index contributed by atoms with van der Waals surface area (Å²) in [5, 5.41) is 2.79. The van der Waals surface area contributed by atoms with E-state index in [9.17, 15) is 9.18 Å². The van der Waals surface area contributed by atoms with Gasteiger partial charge in [0.25, 0.3) is 0 Å². The van der Waals surface area contributed by atoms with Gasteiger partial charge in [-0.25, -0.2) is 9.97 Å². The molecule has 1 saturated heterocycles. The van der Waals surface area contributed by atoms with E-state index < -0.39 is 5.95 Å². The summed E-state index contributed by atoms with van der Waals surface area (Å²) in [6.07, 6.45) is 2.13. The predicted octanol–water partition coefficient (Wildman–Crippen LogP) is 2.08. The average Bonchev–Trinajstić information content (AvgIpc) is 3.09. The number of rotatable bonds is 6. The average molecular weight is 384 g/mol. The van der Waals surface area contributed by atoms with Crippen LogP contribution in [0.3, 0.4) is 0 Å². The molecule has 1 amide bonds. The van der Waals surface area contributed by atoms with Gasteiger partial charge in [0, 0.05) is 32.5 Å². The summed E-state index contributed by atoms with van der Waals surface area (Å²) in [7, 11) is 1.53. The Hall–Kier alpha value is -2.33. The second-order valence-electron chi connectivity index (χ2n) is 6.07. The predicted molar refractivity (Wildman–Crippen MR) is 93.9 cm³/mol. The van der Waals surface area contributed by atoms with E-state index in [1.165, 1.54) is 20.4 Å². The molecule has 0 aliphatic carbocycles. The van der Waals surface area contributed by atoms with Gasteiger partial charge in [0.1, 0.15) is 12.4 Å². The van der Waals surface area contributed by atoms with Crippen molar-refractivity contribution < 1.29 is 18.7 Å². The summed E-state index contributed by atoms with van der Waals surface area (Å²) in [6, 6.07) is 1.85. The maximum Gasteiger partial charge on any atom is 0.230 e. The van der Waals surface area contributed by atoms with Gasteiger partial charge in [-0.15, -0.1) is 0 Å². The zero-order valence-electron chi connectivity index (χ0n) is 14.7. The molecule has 0 unspecified atom stereocenters. The van der Waals surface area contributed by atoms with Crippen molar-refractivity contribution in [2.45, 2.75) is 39.0 Å². The summed E-state index contributed by atoms with van der Waals surface area (Å²) in [5.41, 5.74) is 0. The normalized spacial score (nSPS) is 20.2. The summed E-state index contributed by atoms with van der Waals surface area (Å²) in [5.74, 6) is 0.0763. The van der Waals surface area contributed by atoms with Crippen LogP contribution in [-0.4, -0.2) is 51.6 Å². The van der Waals surface area contributed by atoms with Crippen LogP contribution in [0, 0.1) is 5.95 Å². The molecule has 1 aliphatic rings. The van der Waals surface area contributed by atoms with Gasteiger partial charge in [-0.3, -0.25) is 9.69 Å². The van der Waals surface area contributed by atoms with Gasteiger partial charge in [0.05, 0.1) is 18.1 Å². The van der Waals surface area contributed by atoms with Gasteiger partial charge in [0.2, 0.25) is 23.6 Å². The highest BCUT2D eigenvalue weighted by atomic mass is 32.1. The SMILES string of the molecule is CO[13c]1[13cH][13c](O[C@@H]2C[C@H](C)N(Cc3sc(NC(C)=O)nc3F)C2)ncn1. The molecule has 0 radical (unpaired) electrons. The summed E-state index contributed by atoms with van der Waals surface area (Å²) in [4.78, 5) is 25.5. The Morgan fingerprint density at radius 3 is 2.96 bits per heavy atom. The van der Waals surface area contributed by atoms with Crippen LogP contribution in [0.5, 0.6) is 11.8 Å². The van der Waals surface area contributed by atoms with Gasteiger partial charge in [-0.2, -0.15) is 9.37 Å². The van der Waals surface area contributed by atoms with Crippen LogP contribution in [0.1, 0.15) is 25.1 Å². The second kappa shape index (κ2) is 7.92. The molecule has 8 nitrogen and oxygen atoms in total. The Labute approximate surface area is 154 Å². The largest absolute Gasteiger partial charge is 0.481 e. The first kappa shape index (κ1) is 18.5. The number of halogens is 1. The number of likely N-dealkylation sites (tertiary alicyclic amines) is 1. The molecule has 0 aromatic carbocycles. The highest BCUT2D eigenvalue weighted by Crippen LogP contribution is 2.28. The number of thiazole rings is 1. The van der Waals surface area contributed by atoms with Gasteiger partial charge in [-0.1, -0.05) is 11.3 Å². The highest BCUT2D eigenvalue weighted by Gasteiger charge is 2.32. The third-order valence-electron chi connectivity index (χ3n) is 4.06. The van der Waals surface area contributed by atoms with Gasteiger partial charge in [-0.05, 0) is 6.92 Å². The number of hydrogen-bond acceptors (Lipinski definition) is 8. The molecule has 0 saturated carbocycles. The fourth-order valence-corrected chi connectivity index (χ4v) is 3.75. The van der Waals surface area contributed by atoms with E-state index in [2.05, 4.69) is 32.1 Å². The van der Waals surface area contributed by atoms with Crippen molar-refractivity contribution in [1.29, 1.82) is 0 Å². The number of aromatic nitrogens is 3. The number of ether oxygens (including phenoxy) is 2. The molecule has 1 N–H and O–H groups in total. The maximum atomic E-state index is 14.0. The van der Waals surface area contributed by atoms with Gasteiger partial charge >= 0.3 is 0 Å². The van der Waals surface area contributed by atoms with E-state index in [-0.39, 0.29) is 23.2 Å². The molecule has 26 heavy (non-hydrogen) atoms. The standard InChI is InChI=1S/C16H20FN5O3S/c1-9-4-11(25-14-5-13(24-3)18-8-19-14)6-22(9)7-12-15(17)21-16(26-12)20-10(2)23/h5,8-9,11H,4,6-7H2,1-3H3,(H,20,21,23)/t9-,11+/m0/s1/i5+1,13+1,14+1. The maximum absolute atomic E-state index is 14.0. The first-order valence-corrected chi connectivity index (χ1v) is 8.95. The van der Waals surface area contributed by atoms with Crippen LogP contribution in [0.25, 0.3) is 0 Å². The van der Waals surface area contributed by atoms with E-state index in [1.54, 1.807) is 6.07 Å². The number of nitrogens with one attached hydrogen (secondary N) is 1. The lowest BCUT2D eigenvalue weighted by Crippen LogP contribution is -2.28. The van der Waals surface area contributed by atoms with Crippen LogP contribution in [0.2, 0.25) is 0 Å². The third kappa shape index (κ3) is 4.44. The minimum atomic E-state index is -0.546. The zero-order valence-corrected chi connectivity index (χ0v) is 15.5. The fourth-order valence-electron chi connectivity index (χ4n) is 2.84. The van der Waals surface area contributed by atoms with E-state index >= 15 is 0 Å². The lowest BCUT2D eigenvalue weighted by atomic mass is 10.2. The van der Waals surface area contributed by atoms with E-state index in [4.69, 9.17) is 9.47 Å². The van der Waals surface area contributed by atoms with Crippen LogP contribution in [-0.2, 0) is 11.3 Å². The van der Waals surface area contributed by atoms with Gasteiger partial charge in [0.15, 0.2) is 5.13 Å². The number of nitrogens with zero attached hydrogens (tertiary/aromatic N) is 4. The first-order valence-electron chi connectivity index (χ1n) is 8.14. The molecular formula is C16H20FN5O3S. The molecule has 1 fully saturated rings. The molecule has 10 heteroatoms. The number of methoxy groups -OCH3 is 1. The number of anilines is 1. The van der Waals surface area contributed by atoms with E-state index in [1.807, 2.05) is 0 Å². The molecule has 0 bridgehead atoms. The Morgan fingerprint density at radius 1 is 1.46 bits per heavy atom. The minimum absolute atomic E-state index is 0.0598. The molecular weight excluding hydrogens is 364 g/mol. The van der Waals surface area contributed by atoms with Crippen molar-refractivity contribution in [1.82, 2.24) is 19.9 Å². The molecule has 1 aliphatic heterocycles. The summed E-state index contributed by atoms with van der Waals surface area (Å²) < 4.78 is 25.0. The molecule has 2 atom stereocenters. The van der Waals surface area contributed by atoms with Crippen molar-refractivity contribution in [2.75, 3.05) is 19.0 Å². The number of hydrogen-bond donors (Lipinski definition) is 1. The van der Waals surface area contributed by atoms with Crippen molar-refractivity contribution in [2.24, 2.45) is 0 Å². The molecule has 3 heterocycles. The van der Waals surface area contributed by atoms with Crippen LogP contribution >= 0.6 is 11.3 Å². The van der Waals surface area contributed by atoms with Crippen molar-refractivity contribution in [3.05, 3.63) is 23.2 Å². The Morgan fingerprint density at radius 2 is 2.23 bits per heavy atom. The molecule has 0 spiro atoms. The molecule has 3 rings (SSSR count). The van der Waals surface area contributed by atoms with Crippen LogP contribution in [0.15, 0.2) is 12.4 Å². The summed E-state index contributed by atoms with van der Waals surface area (Å²) in [6.45, 7) is 4.49. The smallest absolute Gasteiger partial charge is 0.230 e. The van der Waals surface area contributed by atoms with E-state index in [0.717, 1.165) is 17.8 Å². The summed E-state index contributed by atoms with van der Waals surface area (Å²) >= 11 is 1.15. The molecule has 2 aromatic rings. The minimum Gasteiger partial charge on any atom is -0.481 e. The first-order chi connectivity index (χ1) is 12.4. The Kier molecular flexibility index (Phi) is 5.62. The molecule has 2 aromatic heterocycles. The van der Waals surface area contributed by atoms with Crippen LogP contribution < -0.4 is 14.8 Å².